The van der Waals surface area contributed by atoms with E-state index in [0.717, 1.165) is 21.3 Å². The second-order valence-corrected chi connectivity index (χ2v) is 5.30. The fourth-order valence-electron chi connectivity index (χ4n) is 1.81. The molecule has 0 radical (unpaired) electrons. The number of aryl methyl sites for hydroxylation is 1. The van der Waals surface area contributed by atoms with Gasteiger partial charge in [0.2, 0.25) is 0 Å². The van der Waals surface area contributed by atoms with Crippen LogP contribution in [0, 0.1) is 6.92 Å². The second kappa shape index (κ2) is 6.57. The fourth-order valence-corrected chi connectivity index (χ4v) is 2.34. The quantitative estimate of drug-likeness (QED) is 0.825. The van der Waals surface area contributed by atoms with Gasteiger partial charge >= 0.3 is 6.09 Å². The minimum atomic E-state index is -0.375. The highest BCUT2D eigenvalue weighted by atomic mass is 79.9. The fraction of sp³-hybridized carbons (Fsp3) is 0.188. The first-order valence-electron chi connectivity index (χ1n) is 6.29. The maximum Gasteiger partial charge on any atom is 0.414 e. The highest BCUT2D eigenvalue weighted by Crippen LogP contribution is 2.28. The second-order valence-electron chi connectivity index (χ2n) is 4.51. The third-order valence-corrected chi connectivity index (χ3v) is 4.04. The van der Waals surface area contributed by atoms with Gasteiger partial charge in [-0.2, -0.15) is 0 Å². The molecule has 0 heterocycles. The standard InChI is InChI=1S/C16H16BrNO2/c1-12-7-6-10-14(15(12)17)18(2)16(19)20-11-13-8-4-3-5-9-13/h3-10H,11H2,1-2H3. The molecule has 0 fully saturated rings. The minimum Gasteiger partial charge on any atom is -0.444 e. The van der Waals surface area contributed by atoms with Gasteiger partial charge in [-0.05, 0) is 40.0 Å². The van der Waals surface area contributed by atoms with E-state index < -0.39 is 0 Å². The van der Waals surface area contributed by atoms with Gasteiger partial charge in [-0.25, -0.2) is 4.79 Å². The van der Waals surface area contributed by atoms with Crippen molar-refractivity contribution in [3.05, 3.63) is 64.1 Å². The number of anilines is 1. The van der Waals surface area contributed by atoms with Crippen molar-refractivity contribution in [1.82, 2.24) is 0 Å². The van der Waals surface area contributed by atoms with Crippen LogP contribution in [0.5, 0.6) is 0 Å². The van der Waals surface area contributed by atoms with Gasteiger partial charge in [0.15, 0.2) is 0 Å². The van der Waals surface area contributed by atoms with Crippen LogP contribution in [0.1, 0.15) is 11.1 Å². The van der Waals surface area contributed by atoms with Crippen molar-refractivity contribution in [2.24, 2.45) is 0 Å². The summed E-state index contributed by atoms with van der Waals surface area (Å²) >= 11 is 3.50. The van der Waals surface area contributed by atoms with Gasteiger partial charge in [-0.15, -0.1) is 0 Å². The monoisotopic (exact) mass is 333 g/mol. The number of benzene rings is 2. The Morgan fingerprint density at radius 1 is 1.15 bits per heavy atom. The van der Waals surface area contributed by atoms with Crippen LogP contribution in [-0.2, 0) is 11.3 Å². The number of nitrogens with zero attached hydrogens (tertiary/aromatic N) is 1. The molecule has 0 unspecified atom stereocenters. The van der Waals surface area contributed by atoms with Gasteiger partial charge in [0.1, 0.15) is 6.61 Å². The third-order valence-electron chi connectivity index (χ3n) is 3.01. The molecule has 0 saturated heterocycles. The summed E-state index contributed by atoms with van der Waals surface area (Å²) in [6.07, 6.45) is -0.375. The van der Waals surface area contributed by atoms with Crippen molar-refractivity contribution >= 4 is 27.7 Å². The van der Waals surface area contributed by atoms with E-state index in [2.05, 4.69) is 15.9 Å². The number of ether oxygens (including phenoxy) is 1. The molecule has 0 N–H and O–H groups in total. The Hall–Kier alpha value is -1.81. The average molecular weight is 334 g/mol. The van der Waals surface area contributed by atoms with Crippen LogP contribution in [0.3, 0.4) is 0 Å². The molecule has 0 aliphatic rings. The van der Waals surface area contributed by atoms with Crippen LogP contribution in [-0.4, -0.2) is 13.1 Å². The predicted octanol–water partition coefficient (Wildman–Crippen LogP) is 4.53. The van der Waals surface area contributed by atoms with Crippen LogP contribution in [0.25, 0.3) is 0 Å². The lowest BCUT2D eigenvalue weighted by Crippen LogP contribution is -2.27. The summed E-state index contributed by atoms with van der Waals surface area (Å²) in [5.74, 6) is 0. The van der Waals surface area contributed by atoms with Crippen LogP contribution >= 0.6 is 15.9 Å². The van der Waals surface area contributed by atoms with Gasteiger partial charge < -0.3 is 4.74 Å². The van der Waals surface area contributed by atoms with E-state index in [1.807, 2.05) is 55.5 Å². The Balaban J connectivity index is 2.04. The van der Waals surface area contributed by atoms with Crippen molar-refractivity contribution in [2.75, 3.05) is 11.9 Å². The molecule has 0 aliphatic heterocycles. The number of hydrogen-bond acceptors (Lipinski definition) is 2. The highest BCUT2D eigenvalue weighted by molar-refractivity contribution is 9.10. The predicted molar refractivity (Wildman–Crippen MR) is 83.9 cm³/mol. The molecule has 0 aromatic heterocycles. The normalized spacial score (nSPS) is 10.2. The summed E-state index contributed by atoms with van der Waals surface area (Å²) < 4.78 is 6.21. The Kier molecular flexibility index (Phi) is 4.79. The van der Waals surface area contributed by atoms with E-state index in [1.165, 1.54) is 4.90 Å². The number of rotatable bonds is 3. The highest BCUT2D eigenvalue weighted by Gasteiger charge is 2.15. The summed E-state index contributed by atoms with van der Waals surface area (Å²) in [5.41, 5.74) is 2.84. The molecule has 2 aromatic rings. The number of amides is 1. The molecular weight excluding hydrogens is 318 g/mol. The zero-order valence-corrected chi connectivity index (χ0v) is 13.1. The molecule has 0 aliphatic carbocycles. The van der Waals surface area contributed by atoms with Crippen molar-refractivity contribution in [2.45, 2.75) is 13.5 Å². The molecule has 0 saturated carbocycles. The average Bonchev–Trinajstić information content (AvgIpc) is 2.48. The summed E-state index contributed by atoms with van der Waals surface area (Å²) in [6.45, 7) is 2.25. The number of halogens is 1. The van der Waals surface area contributed by atoms with Crippen molar-refractivity contribution in [3.8, 4) is 0 Å². The zero-order chi connectivity index (χ0) is 14.5. The van der Waals surface area contributed by atoms with Crippen LogP contribution in [0.15, 0.2) is 53.0 Å². The number of carbonyl (C=O) groups is 1. The molecule has 1 amide bonds. The first-order chi connectivity index (χ1) is 9.59. The summed E-state index contributed by atoms with van der Waals surface area (Å²) in [7, 11) is 1.70. The maximum atomic E-state index is 12.1. The summed E-state index contributed by atoms with van der Waals surface area (Å²) in [4.78, 5) is 13.6. The number of carbonyl (C=O) groups excluding carboxylic acids is 1. The lowest BCUT2D eigenvalue weighted by Gasteiger charge is -2.19. The molecule has 3 nitrogen and oxygen atoms in total. The van der Waals surface area contributed by atoms with Gasteiger partial charge in [-0.1, -0.05) is 42.5 Å². The van der Waals surface area contributed by atoms with E-state index in [0.29, 0.717) is 0 Å². The summed E-state index contributed by atoms with van der Waals surface area (Å²) in [6, 6.07) is 15.4. The first kappa shape index (κ1) is 14.6. The first-order valence-corrected chi connectivity index (χ1v) is 7.08. The minimum absolute atomic E-state index is 0.271. The molecule has 0 bridgehead atoms. The number of hydrogen-bond donors (Lipinski definition) is 0. The molecule has 4 heteroatoms. The molecule has 0 atom stereocenters. The topological polar surface area (TPSA) is 29.5 Å². The molecule has 2 aromatic carbocycles. The lowest BCUT2D eigenvalue weighted by atomic mass is 10.2. The SMILES string of the molecule is Cc1cccc(N(C)C(=O)OCc2ccccc2)c1Br. The van der Waals surface area contributed by atoms with Crippen LogP contribution in [0.4, 0.5) is 10.5 Å². The molecule has 104 valence electrons. The van der Waals surface area contributed by atoms with Crippen molar-refractivity contribution in [3.63, 3.8) is 0 Å². The van der Waals surface area contributed by atoms with E-state index in [4.69, 9.17) is 4.74 Å². The van der Waals surface area contributed by atoms with Gasteiger partial charge in [0.25, 0.3) is 0 Å². The maximum absolute atomic E-state index is 12.1. The molecule has 2 rings (SSSR count). The Morgan fingerprint density at radius 3 is 2.55 bits per heavy atom. The Labute approximate surface area is 127 Å². The largest absolute Gasteiger partial charge is 0.444 e. The lowest BCUT2D eigenvalue weighted by molar-refractivity contribution is 0.148. The van der Waals surface area contributed by atoms with Gasteiger partial charge in [-0.3, -0.25) is 4.90 Å². The molecule has 0 spiro atoms. The van der Waals surface area contributed by atoms with Gasteiger partial charge in [0, 0.05) is 11.5 Å². The summed E-state index contributed by atoms with van der Waals surface area (Å²) in [5, 5.41) is 0. The molecule has 20 heavy (non-hydrogen) atoms. The van der Waals surface area contributed by atoms with Crippen molar-refractivity contribution < 1.29 is 9.53 Å². The van der Waals surface area contributed by atoms with Gasteiger partial charge in [0.05, 0.1) is 5.69 Å². The zero-order valence-electron chi connectivity index (χ0n) is 11.5. The van der Waals surface area contributed by atoms with Crippen LogP contribution in [0.2, 0.25) is 0 Å². The Morgan fingerprint density at radius 2 is 1.85 bits per heavy atom. The van der Waals surface area contributed by atoms with Crippen molar-refractivity contribution in [1.29, 1.82) is 0 Å². The van der Waals surface area contributed by atoms with E-state index in [1.54, 1.807) is 7.05 Å². The third kappa shape index (κ3) is 3.39. The van der Waals surface area contributed by atoms with E-state index in [9.17, 15) is 4.79 Å². The van der Waals surface area contributed by atoms with Crippen LogP contribution < -0.4 is 4.90 Å². The van der Waals surface area contributed by atoms with E-state index >= 15 is 0 Å². The smallest absolute Gasteiger partial charge is 0.414 e. The molecular formula is C16H16BrNO2. The van der Waals surface area contributed by atoms with E-state index in [-0.39, 0.29) is 12.7 Å². The Bertz CT molecular complexity index is 599.